The minimum absolute atomic E-state index is 0. The third kappa shape index (κ3) is 5.93. The van der Waals surface area contributed by atoms with Gasteiger partial charge in [-0.25, -0.2) is 0 Å². The number of rotatable bonds is 5. The first-order valence-corrected chi connectivity index (χ1v) is 10.0. The SMILES string of the molecule is Cc1ccc(C(=O)N2CCOCC2)cc1NC(=O)CC(C)C1CCNCC1.Cl. The van der Waals surface area contributed by atoms with E-state index in [1.165, 1.54) is 0 Å². The van der Waals surface area contributed by atoms with Crippen LogP contribution in [0.3, 0.4) is 0 Å². The van der Waals surface area contributed by atoms with Gasteiger partial charge in [0.1, 0.15) is 0 Å². The molecule has 156 valence electrons. The van der Waals surface area contributed by atoms with Crippen LogP contribution >= 0.6 is 12.4 Å². The number of nitrogens with one attached hydrogen (secondary N) is 2. The second-order valence-electron chi connectivity index (χ2n) is 7.75. The highest BCUT2D eigenvalue weighted by Crippen LogP contribution is 2.25. The fourth-order valence-electron chi connectivity index (χ4n) is 3.91. The molecule has 6 nitrogen and oxygen atoms in total. The standard InChI is InChI=1S/C21H31N3O3.ClH/c1-15-3-4-18(21(26)24-9-11-27-12-10-24)14-19(15)23-20(25)13-16(2)17-5-7-22-8-6-17;/h3-4,14,16-17,22H,5-13H2,1-2H3,(H,23,25);1H. The molecule has 0 bridgehead atoms. The zero-order valence-electron chi connectivity index (χ0n) is 16.8. The number of halogens is 1. The first-order chi connectivity index (χ1) is 13.0. The Morgan fingerprint density at radius 3 is 2.61 bits per heavy atom. The summed E-state index contributed by atoms with van der Waals surface area (Å²) >= 11 is 0. The summed E-state index contributed by atoms with van der Waals surface area (Å²) in [7, 11) is 0. The van der Waals surface area contributed by atoms with Gasteiger partial charge in [-0.15, -0.1) is 12.4 Å². The molecule has 1 aromatic carbocycles. The summed E-state index contributed by atoms with van der Waals surface area (Å²) in [5.74, 6) is 0.995. The Hall–Kier alpha value is -1.63. The van der Waals surface area contributed by atoms with Crippen LogP contribution in [0.2, 0.25) is 0 Å². The molecule has 2 heterocycles. The van der Waals surface area contributed by atoms with Gasteiger partial charge in [0.2, 0.25) is 5.91 Å². The van der Waals surface area contributed by atoms with Gasteiger partial charge in [0, 0.05) is 30.8 Å². The molecule has 0 aromatic heterocycles. The molecule has 0 aliphatic carbocycles. The van der Waals surface area contributed by atoms with E-state index >= 15 is 0 Å². The molecule has 1 aromatic rings. The number of benzene rings is 1. The molecule has 2 aliphatic heterocycles. The van der Waals surface area contributed by atoms with E-state index in [9.17, 15) is 9.59 Å². The quantitative estimate of drug-likeness (QED) is 0.784. The lowest BCUT2D eigenvalue weighted by atomic mass is 9.84. The van der Waals surface area contributed by atoms with Gasteiger partial charge in [-0.2, -0.15) is 0 Å². The van der Waals surface area contributed by atoms with Crippen LogP contribution in [-0.4, -0.2) is 56.1 Å². The van der Waals surface area contributed by atoms with Crippen molar-refractivity contribution in [1.82, 2.24) is 10.2 Å². The molecule has 2 saturated heterocycles. The normalized spacial score (nSPS) is 18.9. The Morgan fingerprint density at radius 1 is 1.25 bits per heavy atom. The van der Waals surface area contributed by atoms with Gasteiger partial charge >= 0.3 is 0 Å². The zero-order chi connectivity index (χ0) is 19.2. The van der Waals surface area contributed by atoms with Gasteiger partial charge in [0.15, 0.2) is 0 Å². The van der Waals surface area contributed by atoms with Crippen LogP contribution in [0.5, 0.6) is 0 Å². The van der Waals surface area contributed by atoms with Gasteiger partial charge in [0.05, 0.1) is 13.2 Å². The number of piperidine rings is 1. The Kier molecular flexibility index (Phi) is 8.73. The number of anilines is 1. The zero-order valence-corrected chi connectivity index (χ0v) is 17.6. The first-order valence-electron chi connectivity index (χ1n) is 10.0. The van der Waals surface area contributed by atoms with Crippen molar-refractivity contribution >= 4 is 29.9 Å². The Bertz CT molecular complexity index is 671. The molecule has 7 heteroatoms. The fraction of sp³-hybridized carbons (Fsp3) is 0.619. The third-order valence-electron chi connectivity index (χ3n) is 5.75. The van der Waals surface area contributed by atoms with Crippen molar-refractivity contribution in [3.63, 3.8) is 0 Å². The molecule has 2 fully saturated rings. The molecule has 0 radical (unpaired) electrons. The van der Waals surface area contributed by atoms with Crippen molar-refractivity contribution in [3.8, 4) is 0 Å². The van der Waals surface area contributed by atoms with Gasteiger partial charge in [-0.1, -0.05) is 13.0 Å². The predicted molar refractivity (Wildman–Crippen MR) is 113 cm³/mol. The monoisotopic (exact) mass is 409 g/mol. The van der Waals surface area contributed by atoms with E-state index in [0.717, 1.165) is 37.2 Å². The van der Waals surface area contributed by atoms with E-state index in [0.29, 0.717) is 50.1 Å². The van der Waals surface area contributed by atoms with Gasteiger partial charge in [0.25, 0.3) is 5.91 Å². The van der Waals surface area contributed by atoms with Crippen LogP contribution in [0.4, 0.5) is 5.69 Å². The number of morpholine rings is 1. The van der Waals surface area contributed by atoms with Crippen LogP contribution < -0.4 is 10.6 Å². The summed E-state index contributed by atoms with van der Waals surface area (Å²) in [6.07, 6.45) is 2.79. The summed E-state index contributed by atoms with van der Waals surface area (Å²) in [6.45, 7) is 8.59. The van der Waals surface area contributed by atoms with Crippen LogP contribution in [0.25, 0.3) is 0 Å². The van der Waals surface area contributed by atoms with Crippen LogP contribution in [0, 0.1) is 18.8 Å². The number of nitrogens with zero attached hydrogens (tertiary/aromatic N) is 1. The van der Waals surface area contributed by atoms with Crippen molar-refractivity contribution in [2.24, 2.45) is 11.8 Å². The highest BCUT2D eigenvalue weighted by atomic mass is 35.5. The Balaban J connectivity index is 0.00000280. The van der Waals surface area contributed by atoms with E-state index in [-0.39, 0.29) is 24.2 Å². The van der Waals surface area contributed by atoms with Crippen LogP contribution in [-0.2, 0) is 9.53 Å². The summed E-state index contributed by atoms with van der Waals surface area (Å²) in [6, 6.07) is 5.54. The molecular formula is C21H32ClN3O3. The van der Waals surface area contributed by atoms with Crippen molar-refractivity contribution in [2.75, 3.05) is 44.7 Å². The topological polar surface area (TPSA) is 70.7 Å². The highest BCUT2D eigenvalue weighted by molar-refractivity contribution is 5.97. The molecule has 2 amide bonds. The molecule has 28 heavy (non-hydrogen) atoms. The molecule has 2 N–H and O–H groups in total. The number of ether oxygens (including phenoxy) is 1. The summed E-state index contributed by atoms with van der Waals surface area (Å²) < 4.78 is 5.31. The van der Waals surface area contributed by atoms with Gasteiger partial charge in [-0.3, -0.25) is 9.59 Å². The average molecular weight is 410 g/mol. The van der Waals surface area contributed by atoms with Crippen LogP contribution in [0.1, 0.15) is 42.1 Å². The van der Waals surface area contributed by atoms with Crippen molar-refractivity contribution < 1.29 is 14.3 Å². The second kappa shape index (κ2) is 10.8. The molecule has 0 spiro atoms. The average Bonchev–Trinajstić information content (AvgIpc) is 2.70. The smallest absolute Gasteiger partial charge is 0.254 e. The highest BCUT2D eigenvalue weighted by Gasteiger charge is 2.23. The summed E-state index contributed by atoms with van der Waals surface area (Å²) in [4.78, 5) is 27.1. The number of carbonyl (C=O) groups excluding carboxylic acids is 2. The lowest BCUT2D eigenvalue weighted by molar-refractivity contribution is -0.117. The Labute approximate surface area is 173 Å². The van der Waals surface area contributed by atoms with Gasteiger partial charge in [-0.05, 0) is 62.4 Å². The van der Waals surface area contributed by atoms with E-state index in [2.05, 4.69) is 17.6 Å². The summed E-state index contributed by atoms with van der Waals surface area (Å²) in [5.41, 5.74) is 2.32. The molecular weight excluding hydrogens is 378 g/mol. The summed E-state index contributed by atoms with van der Waals surface area (Å²) in [5, 5.41) is 6.40. The minimum Gasteiger partial charge on any atom is -0.378 e. The number of hydrogen-bond donors (Lipinski definition) is 2. The van der Waals surface area contributed by atoms with E-state index in [1.807, 2.05) is 19.1 Å². The van der Waals surface area contributed by atoms with Crippen molar-refractivity contribution in [2.45, 2.75) is 33.1 Å². The molecule has 1 unspecified atom stereocenters. The minimum atomic E-state index is -0.00290. The molecule has 0 saturated carbocycles. The lowest BCUT2D eigenvalue weighted by Gasteiger charge is -2.28. The third-order valence-corrected chi connectivity index (χ3v) is 5.75. The first kappa shape index (κ1) is 22.7. The predicted octanol–water partition coefficient (Wildman–Crippen LogP) is 2.85. The number of hydrogen-bond acceptors (Lipinski definition) is 4. The van der Waals surface area contributed by atoms with Gasteiger partial charge < -0.3 is 20.3 Å². The number of amides is 2. The lowest BCUT2D eigenvalue weighted by Crippen LogP contribution is -2.40. The largest absolute Gasteiger partial charge is 0.378 e. The molecule has 3 rings (SSSR count). The number of carbonyl (C=O) groups is 2. The van der Waals surface area contributed by atoms with Crippen LogP contribution in [0.15, 0.2) is 18.2 Å². The maximum absolute atomic E-state index is 12.7. The van der Waals surface area contributed by atoms with E-state index in [4.69, 9.17) is 4.74 Å². The van der Waals surface area contributed by atoms with E-state index in [1.54, 1.807) is 11.0 Å². The second-order valence-corrected chi connectivity index (χ2v) is 7.75. The maximum Gasteiger partial charge on any atom is 0.254 e. The molecule has 2 aliphatic rings. The molecule has 1 atom stereocenters. The maximum atomic E-state index is 12.7. The van der Waals surface area contributed by atoms with E-state index < -0.39 is 0 Å². The fourth-order valence-corrected chi connectivity index (χ4v) is 3.91. The van der Waals surface area contributed by atoms with Crippen molar-refractivity contribution in [3.05, 3.63) is 29.3 Å². The number of aryl methyl sites for hydroxylation is 1. The van der Waals surface area contributed by atoms with Crippen molar-refractivity contribution in [1.29, 1.82) is 0 Å². The Morgan fingerprint density at radius 2 is 1.93 bits per heavy atom.